The van der Waals surface area contributed by atoms with Crippen LogP contribution in [0.5, 0.6) is 23.0 Å². The van der Waals surface area contributed by atoms with Crippen molar-refractivity contribution in [2.24, 2.45) is 4.99 Å². The molecule has 0 fully saturated rings. The molecule has 0 aliphatic carbocycles. The zero-order valence-electron chi connectivity index (χ0n) is 24.2. The molecule has 0 bridgehead atoms. The second-order valence-corrected chi connectivity index (χ2v) is 10.9. The number of rotatable bonds is 8. The number of fused-ring (bicyclic) bond motifs is 2. The fraction of sp³-hybridized carbons (Fsp3) is 0.212. The zero-order chi connectivity index (χ0) is 30.8. The summed E-state index contributed by atoms with van der Waals surface area (Å²) in [7, 11) is 1.54. The molecule has 0 saturated heterocycles. The number of carbonyl (C=O) groups is 1. The normalized spacial score (nSPS) is 15.3. The molecule has 0 radical (unpaired) electrons. The average molecular weight is 610 g/mol. The van der Waals surface area contributed by atoms with E-state index in [1.54, 1.807) is 56.3 Å². The highest BCUT2D eigenvalue weighted by Crippen LogP contribution is 2.38. The van der Waals surface area contributed by atoms with Crippen molar-refractivity contribution < 1.29 is 28.5 Å². The fourth-order valence-electron chi connectivity index (χ4n) is 5.15. The summed E-state index contributed by atoms with van der Waals surface area (Å²) in [5.74, 6) is 1.56. The van der Waals surface area contributed by atoms with Crippen LogP contribution in [0.25, 0.3) is 6.08 Å². The zero-order valence-corrected chi connectivity index (χ0v) is 25.0. The molecule has 3 aromatic carbocycles. The van der Waals surface area contributed by atoms with Gasteiger partial charge in [0.2, 0.25) is 6.79 Å². The second kappa shape index (κ2) is 12.1. The fourth-order valence-corrected chi connectivity index (χ4v) is 6.19. The molecule has 11 heteroatoms. The summed E-state index contributed by atoms with van der Waals surface area (Å²) in [6, 6.07) is 19.3. The second-order valence-electron chi connectivity index (χ2n) is 9.88. The van der Waals surface area contributed by atoms with Crippen molar-refractivity contribution in [3.8, 4) is 29.1 Å². The SMILES string of the molecule is CCOC(=O)C1=C(C)N=c2s/c(=C/c3ccc(OCc4ccccc4C#N)c(OC)c3)c(=O)n2[C@@H]1c1ccc2c(c1)OCO2. The number of allylic oxidation sites excluding steroid dienone is 1. The van der Waals surface area contributed by atoms with Gasteiger partial charge < -0.3 is 23.7 Å². The van der Waals surface area contributed by atoms with Gasteiger partial charge in [-0.3, -0.25) is 9.36 Å². The van der Waals surface area contributed by atoms with Gasteiger partial charge in [-0.15, -0.1) is 0 Å². The summed E-state index contributed by atoms with van der Waals surface area (Å²) in [4.78, 5) is 32.2. The molecule has 222 valence electrons. The van der Waals surface area contributed by atoms with Crippen molar-refractivity contribution in [2.75, 3.05) is 20.5 Å². The Labute approximate surface area is 256 Å². The van der Waals surface area contributed by atoms with Crippen LogP contribution in [0.3, 0.4) is 0 Å². The summed E-state index contributed by atoms with van der Waals surface area (Å²) in [5.41, 5.74) is 3.12. The third kappa shape index (κ3) is 5.31. The van der Waals surface area contributed by atoms with Gasteiger partial charge in [0.1, 0.15) is 6.61 Å². The molecule has 0 saturated carbocycles. The standard InChI is InChI=1S/C33H27N3O7S/c1-4-40-32(38)29-19(2)35-33-36(30(29)21-10-12-25-27(15-21)43-18-42-25)31(37)28(44-33)14-20-9-11-24(26(13-20)39-3)41-17-23-8-6-5-7-22(23)16-34/h5-15,30H,4,17-18H2,1-3H3/b28-14+/t30-/m1/s1. The first kappa shape index (κ1) is 28.8. The van der Waals surface area contributed by atoms with Gasteiger partial charge in [0.25, 0.3) is 5.56 Å². The van der Waals surface area contributed by atoms with Crippen LogP contribution >= 0.6 is 11.3 Å². The first-order chi connectivity index (χ1) is 21.4. The Morgan fingerprint density at radius 2 is 1.95 bits per heavy atom. The smallest absolute Gasteiger partial charge is 0.338 e. The first-order valence-corrected chi connectivity index (χ1v) is 14.6. The monoisotopic (exact) mass is 609 g/mol. The van der Waals surface area contributed by atoms with Crippen molar-refractivity contribution in [3.63, 3.8) is 0 Å². The van der Waals surface area contributed by atoms with E-state index in [0.29, 0.717) is 54.7 Å². The van der Waals surface area contributed by atoms with E-state index in [-0.39, 0.29) is 31.1 Å². The van der Waals surface area contributed by atoms with E-state index in [1.165, 1.54) is 23.0 Å². The van der Waals surface area contributed by atoms with E-state index >= 15 is 0 Å². The number of ether oxygens (including phenoxy) is 5. The van der Waals surface area contributed by atoms with Gasteiger partial charge in [0.15, 0.2) is 27.8 Å². The van der Waals surface area contributed by atoms with Crippen LogP contribution in [0.15, 0.2) is 81.7 Å². The molecule has 10 nitrogen and oxygen atoms in total. The third-order valence-electron chi connectivity index (χ3n) is 7.24. The third-order valence-corrected chi connectivity index (χ3v) is 8.22. The van der Waals surface area contributed by atoms with E-state index in [0.717, 1.165) is 5.56 Å². The molecule has 1 aromatic heterocycles. The maximum atomic E-state index is 14.0. The van der Waals surface area contributed by atoms with Gasteiger partial charge in [-0.05, 0) is 61.4 Å². The molecule has 0 amide bonds. The van der Waals surface area contributed by atoms with Crippen molar-refractivity contribution >= 4 is 23.4 Å². The van der Waals surface area contributed by atoms with Gasteiger partial charge in [0, 0.05) is 5.56 Å². The first-order valence-electron chi connectivity index (χ1n) is 13.8. The van der Waals surface area contributed by atoms with Crippen molar-refractivity contribution in [1.82, 2.24) is 4.57 Å². The number of benzene rings is 3. The lowest BCUT2D eigenvalue weighted by atomic mass is 9.95. The maximum absolute atomic E-state index is 14.0. The minimum Gasteiger partial charge on any atom is -0.493 e. The van der Waals surface area contributed by atoms with Crippen LogP contribution in [0.2, 0.25) is 0 Å². The lowest BCUT2D eigenvalue weighted by molar-refractivity contribution is -0.139. The number of aromatic nitrogens is 1. The molecule has 6 rings (SSSR count). The Kier molecular flexibility index (Phi) is 7.91. The average Bonchev–Trinajstić information content (AvgIpc) is 3.63. The Hall–Kier alpha value is -5.34. The number of hydrogen-bond acceptors (Lipinski definition) is 10. The number of thiazole rings is 1. The quantitative estimate of drug-likeness (QED) is 0.275. The molecule has 4 aromatic rings. The van der Waals surface area contributed by atoms with Crippen LogP contribution < -0.4 is 33.8 Å². The number of carbonyl (C=O) groups excluding carboxylic acids is 1. The Balaban J connectivity index is 1.39. The van der Waals surface area contributed by atoms with E-state index in [2.05, 4.69) is 11.1 Å². The highest BCUT2D eigenvalue weighted by atomic mass is 32.1. The topological polar surface area (TPSA) is 121 Å². The number of methoxy groups -OCH3 is 1. The predicted octanol–water partition coefficient (Wildman–Crippen LogP) is 3.99. The predicted molar refractivity (Wildman–Crippen MR) is 161 cm³/mol. The van der Waals surface area contributed by atoms with E-state index in [1.807, 2.05) is 24.3 Å². The Morgan fingerprint density at radius 3 is 2.75 bits per heavy atom. The highest BCUT2D eigenvalue weighted by Gasteiger charge is 2.34. The van der Waals surface area contributed by atoms with Crippen LogP contribution in [0, 0.1) is 11.3 Å². The minimum atomic E-state index is -0.774. The van der Waals surface area contributed by atoms with Gasteiger partial charge in [-0.25, -0.2) is 9.79 Å². The minimum absolute atomic E-state index is 0.0988. The number of nitriles is 1. The summed E-state index contributed by atoms with van der Waals surface area (Å²) in [5, 5.41) is 9.37. The van der Waals surface area contributed by atoms with Crippen molar-refractivity contribution in [2.45, 2.75) is 26.5 Å². The largest absolute Gasteiger partial charge is 0.493 e. The Bertz CT molecular complexity index is 2040. The van der Waals surface area contributed by atoms with Crippen LogP contribution in [-0.2, 0) is 16.1 Å². The maximum Gasteiger partial charge on any atom is 0.338 e. The van der Waals surface area contributed by atoms with Gasteiger partial charge in [-0.1, -0.05) is 41.7 Å². The van der Waals surface area contributed by atoms with Crippen molar-refractivity contribution in [1.29, 1.82) is 5.26 Å². The van der Waals surface area contributed by atoms with E-state index in [9.17, 15) is 14.9 Å². The summed E-state index contributed by atoms with van der Waals surface area (Å²) < 4.78 is 29.9. The molecule has 2 aliphatic heterocycles. The highest BCUT2D eigenvalue weighted by molar-refractivity contribution is 7.07. The molecule has 2 aliphatic rings. The molecular weight excluding hydrogens is 582 g/mol. The molecular formula is C33H27N3O7S. The molecule has 0 spiro atoms. The van der Waals surface area contributed by atoms with Gasteiger partial charge >= 0.3 is 5.97 Å². The van der Waals surface area contributed by atoms with E-state index in [4.69, 9.17) is 23.7 Å². The van der Waals surface area contributed by atoms with Crippen LogP contribution in [-0.4, -0.2) is 31.0 Å². The number of esters is 1. The van der Waals surface area contributed by atoms with Gasteiger partial charge in [-0.2, -0.15) is 5.26 Å². The van der Waals surface area contributed by atoms with Crippen LogP contribution in [0.4, 0.5) is 0 Å². The number of hydrogen-bond donors (Lipinski definition) is 0. The summed E-state index contributed by atoms with van der Waals surface area (Å²) >= 11 is 1.22. The van der Waals surface area contributed by atoms with Crippen molar-refractivity contribution in [3.05, 3.63) is 114 Å². The molecule has 3 heterocycles. The molecule has 1 atom stereocenters. The van der Waals surface area contributed by atoms with E-state index < -0.39 is 12.0 Å². The Morgan fingerprint density at radius 1 is 1.14 bits per heavy atom. The summed E-state index contributed by atoms with van der Waals surface area (Å²) in [6.07, 6.45) is 1.75. The molecule has 44 heavy (non-hydrogen) atoms. The van der Waals surface area contributed by atoms with Crippen LogP contribution in [0.1, 0.15) is 42.1 Å². The molecule has 0 unspecified atom stereocenters. The summed E-state index contributed by atoms with van der Waals surface area (Å²) in [6.45, 7) is 3.94. The lowest BCUT2D eigenvalue weighted by Crippen LogP contribution is -2.39. The molecule has 0 N–H and O–H groups in total. The lowest BCUT2D eigenvalue weighted by Gasteiger charge is -2.24. The number of nitrogens with zero attached hydrogens (tertiary/aromatic N) is 3. The van der Waals surface area contributed by atoms with Gasteiger partial charge in [0.05, 0.1) is 47.2 Å².